The molecule has 2 aliphatic rings. The Hall–Kier alpha value is -3.91. The first-order valence-corrected chi connectivity index (χ1v) is 9.93. The molecule has 156 valence electrons. The van der Waals surface area contributed by atoms with Crippen molar-refractivity contribution >= 4 is 28.9 Å². The summed E-state index contributed by atoms with van der Waals surface area (Å²) in [4.78, 5) is 31.0. The monoisotopic (exact) mass is 416 g/mol. The van der Waals surface area contributed by atoms with Gasteiger partial charge in [0.25, 0.3) is 5.91 Å². The maximum absolute atomic E-state index is 12.5. The molecule has 8 nitrogen and oxygen atoms in total. The molecule has 0 fully saturated rings. The van der Waals surface area contributed by atoms with Crippen LogP contribution in [0, 0.1) is 0 Å². The predicted octanol–water partition coefficient (Wildman–Crippen LogP) is 2.55. The first-order chi connectivity index (χ1) is 15.1. The molecule has 0 radical (unpaired) electrons. The molecule has 0 saturated heterocycles. The topological polar surface area (TPSA) is 116 Å². The van der Waals surface area contributed by atoms with E-state index < -0.39 is 12.0 Å². The molecule has 3 heterocycles. The Kier molecular flexibility index (Phi) is 4.76. The summed E-state index contributed by atoms with van der Waals surface area (Å²) in [6.45, 7) is 0.765. The summed E-state index contributed by atoms with van der Waals surface area (Å²) in [5.74, 6) is -0.505. The molecule has 0 saturated carbocycles. The number of imidazole rings is 1. The largest absolute Gasteiger partial charge is 0.487 e. The van der Waals surface area contributed by atoms with Gasteiger partial charge >= 0.3 is 5.97 Å². The van der Waals surface area contributed by atoms with Gasteiger partial charge in [-0.3, -0.25) is 14.9 Å². The molecular formula is C23H20N4O4. The Morgan fingerprint density at radius 3 is 2.90 bits per heavy atom. The highest BCUT2D eigenvalue weighted by molar-refractivity contribution is 6.36. The molecule has 0 aliphatic carbocycles. The second-order valence-corrected chi connectivity index (χ2v) is 7.54. The number of hydrogen-bond acceptors (Lipinski definition) is 5. The van der Waals surface area contributed by atoms with Crippen molar-refractivity contribution in [3.8, 4) is 0 Å². The number of rotatable bonds is 6. The maximum Gasteiger partial charge on any atom is 0.321 e. The fraction of sp³-hybridized carbons (Fsp3) is 0.174. The number of carbonyl (C=O) groups excluding carboxylic acids is 1. The Morgan fingerprint density at radius 1 is 1.23 bits per heavy atom. The van der Waals surface area contributed by atoms with Crippen LogP contribution in [-0.4, -0.2) is 33.0 Å². The van der Waals surface area contributed by atoms with Crippen LogP contribution in [0.1, 0.15) is 27.9 Å². The van der Waals surface area contributed by atoms with Gasteiger partial charge in [-0.1, -0.05) is 36.4 Å². The highest BCUT2D eigenvalue weighted by Gasteiger charge is 2.32. The molecule has 31 heavy (non-hydrogen) atoms. The van der Waals surface area contributed by atoms with Gasteiger partial charge in [0, 0.05) is 47.2 Å². The molecule has 0 bridgehead atoms. The number of aliphatic carboxylic acids is 1. The molecule has 2 aromatic carbocycles. The van der Waals surface area contributed by atoms with Crippen molar-refractivity contribution in [1.82, 2.24) is 15.3 Å². The zero-order chi connectivity index (χ0) is 21.4. The van der Waals surface area contributed by atoms with E-state index in [-0.39, 0.29) is 5.91 Å². The number of carboxylic acid groups (broad SMARTS) is 1. The van der Waals surface area contributed by atoms with E-state index in [4.69, 9.17) is 4.74 Å². The van der Waals surface area contributed by atoms with Crippen LogP contribution in [0.15, 0.2) is 55.0 Å². The fourth-order valence-electron chi connectivity index (χ4n) is 3.98. The van der Waals surface area contributed by atoms with E-state index in [1.165, 1.54) is 6.33 Å². The van der Waals surface area contributed by atoms with Gasteiger partial charge in [-0.05, 0) is 11.6 Å². The van der Waals surface area contributed by atoms with E-state index in [1.807, 2.05) is 42.5 Å². The Labute approximate surface area is 178 Å². The molecule has 0 unspecified atom stereocenters. The third-order valence-electron chi connectivity index (χ3n) is 5.51. The van der Waals surface area contributed by atoms with Gasteiger partial charge in [0.1, 0.15) is 18.4 Å². The molecule has 3 aromatic rings. The standard InChI is InChI=1S/C23H20N4O4/c28-22-20(17-3-1-2-4-18(17)27-22)21-16-6-5-13(7-14(16)11-31-21)9-25-19(23(29)30)8-15-10-24-12-26-15/h1-7,10,12,19,25H,8-9,11H2,(H,24,26)(H,27,28)(H,29,30)/b21-20+/t19-/m0/s1. The summed E-state index contributed by atoms with van der Waals surface area (Å²) >= 11 is 0. The SMILES string of the molecule is O=C1Nc2ccccc2/C1=C1\OCc2cc(CN[C@@H](Cc3cnc[nH]3)C(=O)O)ccc21. The number of nitrogens with one attached hydrogen (secondary N) is 3. The number of carboxylic acids is 1. The van der Waals surface area contributed by atoms with Crippen LogP contribution in [0.3, 0.4) is 0 Å². The van der Waals surface area contributed by atoms with Gasteiger partial charge in [0.05, 0.1) is 11.9 Å². The van der Waals surface area contributed by atoms with Crippen molar-refractivity contribution in [3.63, 3.8) is 0 Å². The van der Waals surface area contributed by atoms with Gasteiger partial charge < -0.3 is 20.1 Å². The fourth-order valence-corrected chi connectivity index (χ4v) is 3.98. The third kappa shape index (κ3) is 3.57. The summed E-state index contributed by atoms with van der Waals surface area (Å²) < 4.78 is 5.92. The molecule has 2 aliphatic heterocycles. The van der Waals surface area contributed by atoms with E-state index in [0.29, 0.717) is 30.9 Å². The van der Waals surface area contributed by atoms with E-state index in [1.54, 1.807) is 6.20 Å². The number of anilines is 1. The predicted molar refractivity (Wildman–Crippen MR) is 114 cm³/mol. The minimum absolute atomic E-state index is 0.169. The van der Waals surface area contributed by atoms with E-state index in [0.717, 1.165) is 33.6 Å². The molecule has 8 heteroatoms. The quantitative estimate of drug-likeness (QED) is 0.459. The van der Waals surface area contributed by atoms with Gasteiger partial charge in [-0.15, -0.1) is 0 Å². The zero-order valence-corrected chi connectivity index (χ0v) is 16.5. The van der Waals surface area contributed by atoms with Crippen LogP contribution in [0.2, 0.25) is 0 Å². The van der Waals surface area contributed by atoms with E-state index >= 15 is 0 Å². The number of para-hydroxylation sites is 1. The number of amides is 1. The minimum Gasteiger partial charge on any atom is -0.487 e. The van der Waals surface area contributed by atoms with Crippen LogP contribution in [0.25, 0.3) is 11.3 Å². The van der Waals surface area contributed by atoms with Crippen LogP contribution < -0.4 is 10.6 Å². The zero-order valence-electron chi connectivity index (χ0n) is 16.5. The third-order valence-corrected chi connectivity index (χ3v) is 5.51. The molecule has 0 spiro atoms. The van der Waals surface area contributed by atoms with Crippen LogP contribution in [0.4, 0.5) is 5.69 Å². The van der Waals surface area contributed by atoms with E-state index in [9.17, 15) is 14.7 Å². The second kappa shape index (κ2) is 7.73. The van der Waals surface area contributed by atoms with E-state index in [2.05, 4.69) is 20.6 Å². The molecule has 4 N–H and O–H groups in total. The first kappa shape index (κ1) is 19.1. The first-order valence-electron chi connectivity index (χ1n) is 9.93. The summed E-state index contributed by atoms with van der Waals surface area (Å²) in [6.07, 6.45) is 3.47. The van der Waals surface area contributed by atoms with Crippen molar-refractivity contribution in [3.05, 3.63) is 82.9 Å². The minimum atomic E-state index is -0.919. The van der Waals surface area contributed by atoms with Crippen molar-refractivity contribution in [2.75, 3.05) is 5.32 Å². The lowest BCUT2D eigenvalue weighted by molar-refractivity contribution is -0.139. The number of aromatic amines is 1. The van der Waals surface area contributed by atoms with Gasteiger partial charge in [-0.2, -0.15) is 0 Å². The highest BCUT2D eigenvalue weighted by Crippen LogP contribution is 2.41. The summed E-state index contributed by atoms with van der Waals surface area (Å²) in [6, 6.07) is 12.7. The van der Waals surface area contributed by atoms with Crippen LogP contribution >= 0.6 is 0 Å². The number of H-pyrrole nitrogens is 1. The smallest absolute Gasteiger partial charge is 0.321 e. The molecule has 1 amide bonds. The normalized spacial score (nSPS) is 17.6. The van der Waals surface area contributed by atoms with Crippen LogP contribution in [0.5, 0.6) is 0 Å². The molecule has 1 atom stereocenters. The average Bonchev–Trinajstić information content (AvgIpc) is 3.48. The lowest BCUT2D eigenvalue weighted by atomic mass is 9.99. The number of ether oxygens (including phenoxy) is 1. The lowest BCUT2D eigenvalue weighted by Crippen LogP contribution is -2.38. The second-order valence-electron chi connectivity index (χ2n) is 7.54. The molecule has 1 aromatic heterocycles. The Bertz CT molecular complexity index is 1200. The number of benzene rings is 2. The molecular weight excluding hydrogens is 396 g/mol. The van der Waals surface area contributed by atoms with Crippen molar-refractivity contribution in [2.45, 2.75) is 25.6 Å². The van der Waals surface area contributed by atoms with Crippen LogP contribution in [-0.2, 0) is 33.9 Å². The van der Waals surface area contributed by atoms with Crippen molar-refractivity contribution in [1.29, 1.82) is 0 Å². The lowest BCUT2D eigenvalue weighted by Gasteiger charge is -2.14. The van der Waals surface area contributed by atoms with Crippen molar-refractivity contribution in [2.24, 2.45) is 0 Å². The highest BCUT2D eigenvalue weighted by atomic mass is 16.5. The van der Waals surface area contributed by atoms with Gasteiger partial charge in [0.15, 0.2) is 0 Å². The number of fused-ring (bicyclic) bond motifs is 2. The number of aromatic nitrogens is 2. The molecule has 5 rings (SSSR count). The maximum atomic E-state index is 12.5. The summed E-state index contributed by atoms with van der Waals surface area (Å²) in [5.41, 5.74) is 5.73. The Balaban J connectivity index is 1.36. The number of hydrogen-bond donors (Lipinski definition) is 4. The number of carbonyl (C=O) groups is 2. The number of nitrogens with zero attached hydrogens (tertiary/aromatic N) is 1. The van der Waals surface area contributed by atoms with Crippen molar-refractivity contribution < 1.29 is 19.4 Å². The summed E-state index contributed by atoms with van der Waals surface area (Å²) in [7, 11) is 0. The van der Waals surface area contributed by atoms with Gasteiger partial charge in [0.2, 0.25) is 0 Å². The summed E-state index contributed by atoms with van der Waals surface area (Å²) in [5, 5.41) is 15.5. The van der Waals surface area contributed by atoms with Gasteiger partial charge in [-0.25, -0.2) is 4.98 Å². The Morgan fingerprint density at radius 2 is 2.10 bits per heavy atom. The average molecular weight is 416 g/mol.